The van der Waals surface area contributed by atoms with Crippen molar-refractivity contribution >= 4 is 0 Å². The van der Waals surface area contributed by atoms with Gasteiger partial charge in [0, 0.05) is 50.8 Å². The summed E-state index contributed by atoms with van der Waals surface area (Å²) in [5.74, 6) is 0. The van der Waals surface area contributed by atoms with Crippen LogP contribution >= 0.6 is 0 Å². The summed E-state index contributed by atoms with van der Waals surface area (Å²) in [6.45, 7) is 14.6. The number of likely N-dealkylation sites (tertiary alicyclic amines) is 1. The lowest BCUT2D eigenvalue weighted by Crippen LogP contribution is -2.46. The van der Waals surface area contributed by atoms with E-state index in [1.165, 1.54) is 25.9 Å². The lowest BCUT2D eigenvalue weighted by molar-refractivity contribution is 0.0177. The molecule has 2 rings (SSSR count). The van der Waals surface area contributed by atoms with Gasteiger partial charge in [-0.3, -0.25) is 9.80 Å². The zero-order chi connectivity index (χ0) is 13.7. The van der Waals surface area contributed by atoms with Crippen molar-refractivity contribution < 1.29 is 4.74 Å². The van der Waals surface area contributed by atoms with Gasteiger partial charge in [0.2, 0.25) is 0 Å². The first kappa shape index (κ1) is 15.2. The van der Waals surface area contributed by atoms with Gasteiger partial charge < -0.3 is 10.1 Å². The molecule has 19 heavy (non-hydrogen) atoms. The minimum atomic E-state index is 0.639. The van der Waals surface area contributed by atoms with Gasteiger partial charge in [0.25, 0.3) is 0 Å². The molecule has 2 aliphatic rings. The van der Waals surface area contributed by atoms with E-state index in [-0.39, 0.29) is 0 Å². The smallest absolute Gasteiger partial charge is 0.0594 e. The third kappa shape index (κ3) is 4.42. The van der Waals surface area contributed by atoms with Crippen molar-refractivity contribution in [1.82, 2.24) is 15.1 Å². The molecule has 0 spiro atoms. The van der Waals surface area contributed by atoms with Gasteiger partial charge in [-0.15, -0.1) is 0 Å². The summed E-state index contributed by atoms with van der Waals surface area (Å²) in [6.07, 6.45) is 2.54. The number of hydrogen-bond donors (Lipinski definition) is 1. The Bertz CT molecular complexity index is 256. The summed E-state index contributed by atoms with van der Waals surface area (Å²) in [5, 5.41) is 3.63. The largest absolute Gasteiger partial charge is 0.379 e. The quantitative estimate of drug-likeness (QED) is 0.783. The first-order chi connectivity index (χ1) is 9.20. The van der Waals surface area contributed by atoms with Gasteiger partial charge in [-0.2, -0.15) is 0 Å². The summed E-state index contributed by atoms with van der Waals surface area (Å²) < 4.78 is 5.45. The molecule has 0 radical (unpaired) electrons. The van der Waals surface area contributed by atoms with Crippen LogP contribution in [-0.4, -0.2) is 73.9 Å². The lowest BCUT2D eigenvalue weighted by Gasteiger charge is -2.33. The Morgan fingerprint density at radius 2 is 1.95 bits per heavy atom. The molecule has 3 unspecified atom stereocenters. The molecule has 4 nitrogen and oxygen atoms in total. The first-order valence-electron chi connectivity index (χ1n) is 8.00. The van der Waals surface area contributed by atoms with Crippen molar-refractivity contribution in [1.29, 1.82) is 0 Å². The van der Waals surface area contributed by atoms with Crippen LogP contribution in [0.3, 0.4) is 0 Å². The molecule has 0 saturated carbocycles. The van der Waals surface area contributed by atoms with Gasteiger partial charge in [0.1, 0.15) is 0 Å². The molecule has 2 aliphatic heterocycles. The molecular formula is C15H31N3O. The second kappa shape index (κ2) is 7.58. The first-order valence-corrected chi connectivity index (χ1v) is 8.00. The highest BCUT2D eigenvalue weighted by molar-refractivity contribution is 4.87. The molecule has 4 heteroatoms. The highest BCUT2D eigenvalue weighted by atomic mass is 16.5. The zero-order valence-electron chi connectivity index (χ0n) is 12.9. The molecule has 3 atom stereocenters. The molecule has 0 aromatic heterocycles. The van der Waals surface area contributed by atoms with E-state index >= 15 is 0 Å². The number of morpholine rings is 1. The predicted octanol–water partition coefficient (Wildman–Crippen LogP) is 1.17. The van der Waals surface area contributed by atoms with E-state index < -0.39 is 0 Å². The maximum absolute atomic E-state index is 5.45. The fraction of sp³-hybridized carbons (Fsp3) is 1.00. The van der Waals surface area contributed by atoms with E-state index in [1.54, 1.807) is 0 Å². The Morgan fingerprint density at radius 1 is 1.21 bits per heavy atom. The topological polar surface area (TPSA) is 27.7 Å². The molecule has 2 fully saturated rings. The number of nitrogens with one attached hydrogen (secondary N) is 1. The number of nitrogens with zero attached hydrogens (tertiary/aromatic N) is 2. The van der Waals surface area contributed by atoms with Crippen LogP contribution < -0.4 is 5.32 Å². The van der Waals surface area contributed by atoms with E-state index in [4.69, 9.17) is 4.74 Å². The average molecular weight is 269 g/mol. The Labute approximate surface area is 118 Å². The van der Waals surface area contributed by atoms with Crippen molar-refractivity contribution in [2.24, 2.45) is 0 Å². The van der Waals surface area contributed by atoms with E-state index in [1.807, 2.05) is 0 Å². The molecule has 2 saturated heterocycles. The highest BCUT2D eigenvalue weighted by Crippen LogP contribution is 2.18. The monoisotopic (exact) mass is 269 g/mol. The second-order valence-electron chi connectivity index (χ2n) is 6.15. The van der Waals surface area contributed by atoms with Crippen LogP contribution in [-0.2, 0) is 4.74 Å². The molecule has 0 aliphatic carbocycles. The Morgan fingerprint density at radius 3 is 2.63 bits per heavy atom. The zero-order valence-corrected chi connectivity index (χ0v) is 12.9. The van der Waals surface area contributed by atoms with Gasteiger partial charge in [-0.1, -0.05) is 6.92 Å². The van der Waals surface area contributed by atoms with E-state index in [2.05, 4.69) is 35.9 Å². The predicted molar refractivity (Wildman–Crippen MR) is 79.6 cm³/mol. The summed E-state index contributed by atoms with van der Waals surface area (Å²) in [4.78, 5) is 5.27. The Balaban J connectivity index is 1.71. The molecule has 2 heterocycles. The fourth-order valence-corrected chi connectivity index (χ4v) is 3.05. The van der Waals surface area contributed by atoms with Crippen LogP contribution in [0.2, 0.25) is 0 Å². The second-order valence-corrected chi connectivity index (χ2v) is 6.15. The van der Waals surface area contributed by atoms with E-state index in [9.17, 15) is 0 Å². The summed E-state index contributed by atoms with van der Waals surface area (Å²) in [6, 6.07) is 2.05. The van der Waals surface area contributed by atoms with Crippen LogP contribution in [0.1, 0.15) is 33.6 Å². The van der Waals surface area contributed by atoms with Gasteiger partial charge in [0.15, 0.2) is 0 Å². The molecule has 112 valence electrons. The highest BCUT2D eigenvalue weighted by Gasteiger charge is 2.30. The maximum Gasteiger partial charge on any atom is 0.0594 e. The molecule has 0 aromatic carbocycles. The molecule has 0 amide bonds. The Hall–Kier alpha value is -0.160. The number of hydrogen-bond acceptors (Lipinski definition) is 4. The van der Waals surface area contributed by atoms with Crippen LogP contribution in [0.5, 0.6) is 0 Å². The van der Waals surface area contributed by atoms with Crippen LogP contribution in [0, 0.1) is 0 Å². The fourth-order valence-electron chi connectivity index (χ4n) is 3.05. The lowest BCUT2D eigenvalue weighted by atomic mass is 10.2. The molecule has 1 N–H and O–H groups in total. The third-order valence-electron chi connectivity index (χ3n) is 4.75. The summed E-state index contributed by atoms with van der Waals surface area (Å²) in [5.41, 5.74) is 0. The van der Waals surface area contributed by atoms with Crippen molar-refractivity contribution in [3.8, 4) is 0 Å². The normalized spacial score (nSPS) is 29.5. The van der Waals surface area contributed by atoms with Crippen LogP contribution in [0.4, 0.5) is 0 Å². The van der Waals surface area contributed by atoms with Crippen molar-refractivity contribution in [2.75, 3.05) is 45.9 Å². The summed E-state index contributed by atoms with van der Waals surface area (Å²) >= 11 is 0. The minimum Gasteiger partial charge on any atom is -0.379 e. The van der Waals surface area contributed by atoms with Crippen molar-refractivity contribution in [3.05, 3.63) is 0 Å². The average Bonchev–Trinajstić information content (AvgIpc) is 2.95. The number of ether oxygens (including phenoxy) is 1. The van der Waals surface area contributed by atoms with Crippen LogP contribution in [0.25, 0.3) is 0 Å². The van der Waals surface area contributed by atoms with Gasteiger partial charge in [0.05, 0.1) is 13.2 Å². The van der Waals surface area contributed by atoms with Crippen LogP contribution in [0.15, 0.2) is 0 Å². The Kier molecular flexibility index (Phi) is 6.07. The molecule has 0 bridgehead atoms. The maximum atomic E-state index is 5.45. The van der Waals surface area contributed by atoms with E-state index in [0.29, 0.717) is 12.1 Å². The number of rotatable bonds is 6. The summed E-state index contributed by atoms with van der Waals surface area (Å²) in [7, 11) is 0. The molecular weight excluding hydrogens is 238 g/mol. The van der Waals surface area contributed by atoms with Gasteiger partial charge in [-0.25, -0.2) is 0 Å². The SMILES string of the molecule is CCC(C)NCC(C)N1CCC(N2CCOCC2)C1. The van der Waals surface area contributed by atoms with Gasteiger partial charge in [-0.05, 0) is 26.7 Å². The standard InChI is InChI=1S/C15H31N3O/c1-4-13(2)16-11-14(3)18-6-5-15(12-18)17-7-9-19-10-8-17/h13-16H,4-12H2,1-3H3. The molecule has 0 aromatic rings. The van der Waals surface area contributed by atoms with Crippen molar-refractivity contribution in [3.63, 3.8) is 0 Å². The van der Waals surface area contributed by atoms with Gasteiger partial charge >= 0.3 is 0 Å². The minimum absolute atomic E-state index is 0.639. The van der Waals surface area contributed by atoms with E-state index in [0.717, 1.165) is 38.9 Å². The van der Waals surface area contributed by atoms with Crippen molar-refractivity contribution in [2.45, 2.75) is 51.7 Å². The third-order valence-corrected chi connectivity index (χ3v) is 4.75.